The Balaban J connectivity index is 2.02. The minimum absolute atomic E-state index is 0.589. The molecule has 2 N–H and O–H groups in total. The molecule has 2 heterocycles. The number of fused-ring (bicyclic) bond motifs is 1. The molecule has 17 heavy (non-hydrogen) atoms. The van der Waals surface area contributed by atoms with Crippen LogP contribution in [-0.4, -0.2) is 16.4 Å². The molecule has 6 heteroatoms. The van der Waals surface area contributed by atoms with Crippen LogP contribution >= 0.6 is 23.1 Å². The van der Waals surface area contributed by atoms with Crippen molar-refractivity contribution in [2.75, 3.05) is 12.0 Å². The average molecular weight is 267 g/mol. The number of hydrogen-bond donors (Lipinski definition) is 1. The van der Waals surface area contributed by atoms with Gasteiger partial charge in [0, 0.05) is 4.88 Å². The van der Waals surface area contributed by atoms with Crippen molar-refractivity contribution in [3.63, 3.8) is 0 Å². The fourth-order valence-electron chi connectivity index (χ4n) is 2.20. The van der Waals surface area contributed by atoms with E-state index in [1.54, 1.807) is 23.1 Å². The normalized spacial score (nSPS) is 14.2. The predicted octanol–water partition coefficient (Wildman–Crippen LogP) is 2.73. The largest absolute Gasteiger partial charge is 0.390 e. The lowest BCUT2D eigenvalue weighted by atomic mass is 10.1. The minimum atomic E-state index is 0.589. The summed E-state index contributed by atoms with van der Waals surface area (Å²) in [7, 11) is 0. The molecule has 0 bridgehead atoms. The molecule has 0 amide bonds. The Morgan fingerprint density at radius 2 is 2.35 bits per heavy atom. The van der Waals surface area contributed by atoms with Crippen LogP contribution in [0.4, 0.5) is 5.00 Å². The van der Waals surface area contributed by atoms with E-state index in [1.165, 1.54) is 16.9 Å². The zero-order valence-corrected chi connectivity index (χ0v) is 11.2. The lowest BCUT2D eigenvalue weighted by molar-refractivity contribution is 0.425. The minimum Gasteiger partial charge on any atom is -0.390 e. The molecule has 3 rings (SSSR count). The molecule has 90 valence electrons. The number of rotatable bonds is 3. The maximum atomic E-state index is 6.05. The number of hydrogen-bond acceptors (Lipinski definition) is 6. The van der Waals surface area contributed by atoms with Gasteiger partial charge in [-0.25, -0.2) is 0 Å². The quantitative estimate of drug-likeness (QED) is 0.926. The van der Waals surface area contributed by atoms with E-state index < -0.39 is 0 Å². The number of nitrogens with zero attached hydrogens (tertiary/aromatic N) is 2. The van der Waals surface area contributed by atoms with Crippen LogP contribution in [0.5, 0.6) is 0 Å². The molecule has 1 aliphatic rings. The van der Waals surface area contributed by atoms with Gasteiger partial charge in [-0.3, -0.25) is 0 Å². The second-order valence-corrected chi connectivity index (χ2v) is 6.05. The van der Waals surface area contributed by atoms with Crippen LogP contribution in [0.1, 0.15) is 22.7 Å². The standard InChI is InChI=1S/C11H13N3OS2/c1-16-5-8-13-11(15-14-8)9-6-3-2-4-7(6)17-10(9)12/h2-5,12H2,1H3. The highest BCUT2D eigenvalue weighted by Gasteiger charge is 2.25. The average Bonchev–Trinajstić information content (AvgIpc) is 2.94. The van der Waals surface area contributed by atoms with Gasteiger partial charge in [0.2, 0.25) is 0 Å². The number of anilines is 1. The Labute approximate surface area is 108 Å². The third-order valence-electron chi connectivity index (χ3n) is 2.90. The fraction of sp³-hybridized carbons (Fsp3) is 0.455. The summed E-state index contributed by atoms with van der Waals surface area (Å²) in [5.41, 5.74) is 8.37. The molecule has 0 unspecified atom stereocenters. The molecule has 2 aromatic rings. The monoisotopic (exact) mass is 267 g/mol. The van der Waals surface area contributed by atoms with Gasteiger partial charge in [0.05, 0.1) is 16.3 Å². The van der Waals surface area contributed by atoms with Crippen molar-refractivity contribution in [3.05, 3.63) is 16.3 Å². The number of thiophene rings is 1. The molecular formula is C11H13N3OS2. The van der Waals surface area contributed by atoms with Gasteiger partial charge in [0.1, 0.15) is 0 Å². The predicted molar refractivity (Wildman–Crippen MR) is 71.3 cm³/mol. The topological polar surface area (TPSA) is 64.9 Å². The lowest BCUT2D eigenvalue weighted by Crippen LogP contribution is -1.89. The van der Waals surface area contributed by atoms with E-state index in [1.807, 2.05) is 6.26 Å². The summed E-state index contributed by atoms with van der Waals surface area (Å²) < 4.78 is 5.32. The zero-order valence-electron chi connectivity index (χ0n) is 9.52. The summed E-state index contributed by atoms with van der Waals surface area (Å²) in [5, 5.41) is 4.78. The Morgan fingerprint density at radius 3 is 3.18 bits per heavy atom. The van der Waals surface area contributed by atoms with Gasteiger partial charge in [-0.2, -0.15) is 16.7 Å². The third kappa shape index (κ3) is 1.85. The number of aryl methyl sites for hydroxylation is 1. The van der Waals surface area contributed by atoms with Crippen LogP contribution < -0.4 is 5.73 Å². The van der Waals surface area contributed by atoms with Gasteiger partial charge in [-0.15, -0.1) is 11.3 Å². The van der Waals surface area contributed by atoms with Crippen molar-refractivity contribution in [2.24, 2.45) is 0 Å². The number of thioether (sulfide) groups is 1. The highest BCUT2D eigenvalue weighted by atomic mass is 32.2. The van der Waals surface area contributed by atoms with Crippen molar-refractivity contribution >= 4 is 28.1 Å². The number of nitrogens with two attached hydrogens (primary N) is 1. The zero-order chi connectivity index (χ0) is 11.8. The summed E-state index contributed by atoms with van der Waals surface area (Å²) in [6.45, 7) is 0. The first-order chi connectivity index (χ1) is 8.29. The second kappa shape index (κ2) is 4.34. The van der Waals surface area contributed by atoms with E-state index >= 15 is 0 Å². The summed E-state index contributed by atoms with van der Waals surface area (Å²) in [6.07, 6.45) is 5.45. The molecule has 0 fully saturated rings. The van der Waals surface area contributed by atoms with Crippen molar-refractivity contribution in [2.45, 2.75) is 25.0 Å². The highest BCUT2D eigenvalue weighted by Crippen LogP contribution is 2.42. The van der Waals surface area contributed by atoms with Crippen molar-refractivity contribution in [3.8, 4) is 11.5 Å². The van der Waals surface area contributed by atoms with Gasteiger partial charge in [-0.1, -0.05) is 5.16 Å². The number of aromatic nitrogens is 2. The molecule has 0 radical (unpaired) electrons. The first-order valence-corrected chi connectivity index (χ1v) is 7.72. The van der Waals surface area contributed by atoms with E-state index in [0.717, 1.165) is 35.0 Å². The molecule has 0 spiro atoms. The van der Waals surface area contributed by atoms with Crippen LogP contribution in [-0.2, 0) is 18.6 Å². The molecule has 0 saturated carbocycles. The van der Waals surface area contributed by atoms with E-state index in [-0.39, 0.29) is 0 Å². The van der Waals surface area contributed by atoms with Crippen LogP contribution in [0.15, 0.2) is 4.52 Å². The Morgan fingerprint density at radius 1 is 1.47 bits per heavy atom. The first-order valence-electron chi connectivity index (χ1n) is 5.51. The van der Waals surface area contributed by atoms with E-state index in [0.29, 0.717) is 5.89 Å². The summed E-state index contributed by atoms with van der Waals surface area (Å²) in [5.74, 6) is 2.10. The van der Waals surface area contributed by atoms with Crippen molar-refractivity contribution in [1.29, 1.82) is 0 Å². The molecule has 4 nitrogen and oxygen atoms in total. The maximum absolute atomic E-state index is 6.05. The molecule has 1 aliphatic carbocycles. The van der Waals surface area contributed by atoms with Crippen LogP contribution in [0, 0.1) is 0 Å². The second-order valence-electron chi connectivity index (χ2n) is 4.05. The molecule has 0 aromatic carbocycles. The van der Waals surface area contributed by atoms with Crippen LogP contribution in [0.2, 0.25) is 0 Å². The van der Waals surface area contributed by atoms with E-state index in [9.17, 15) is 0 Å². The smallest absolute Gasteiger partial charge is 0.261 e. The molecule has 2 aromatic heterocycles. The van der Waals surface area contributed by atoms with Crippen LogP contribution in [0.3, 0.4) is 0 Å². The Hall–Kier alpha value is -1.01. The van der Waals surface area contributed by atoms with Gasteiger partial charge >= 0.3 is 0 Å². The van der Waals surface area contributed by atoms with Crippen molar-refractivity contribution in [1.82, 2.24) is 10.1 Å². The van der Waals surface area contributed by atoms with Gasteiger partial charge in [0.25, 0.3) is 5.89 Å². The SMILES string of the molecule is CSCc1noc(-c2c(N)sc3c2CCC3)n1. The molecule has 0 aliphatic heterocycles. The lowest BCUT2D eigenvalue weighted by Gasteiger charge is -1.96. The molecular weight excluding hydrogens is 254 g/mol. The van der Waals surface area contributed by atoms with Gasteiger partial charge in [0.15, 0.2) is 5.82 Å². The fourth-order valence-corrected chi connectivity index (χ4v) is 3.73. The van der Waals surface area contributed by atoms with E-state index in [4.69, 9.17) is 10.3 Å². The first kappa shape index (κ1) is 11.1. The third-order valence-corrected chi connectivity index (χ3v) is 4.57. The summed E-state index contributed by atoms with van der Waals surface area (Å²) in [4.78, 5) is 5.80. The van der Waals surface area contributed by atoms with Crippen LogP contribution in [0.25, 0.3) is 11.5 Å². The molecule has 0 atom stereocenters. The summed E-state index contributed by atoms with van der Waals surface area (Å²) >= 11 is 3.35. The van der Waals surface area contributed by atoms with Crippen molar-refractivity contribution < 1.29 is 4.52 Å². The highest BCUT2D eigenvalue weighted by molar-refractivity contribution is 7.97. The number of nitrogen functional groups attached to an aromatic ring is 1. The maximum Gasteiger partial charge on any atom is 0.261 e. The Bertz CT molecular complexity index is 547. The summed E-state index contributed by atoms with van der Waals surface area (Å²) in [6, 6.07) is 0. The Kier molecular flexibility index (Phi) is 2.84. The van der Waals surface area contributed by atoms with Gasteiger partial charge < -0.3 is 10.3 Å². The molecule has 0 saturated heterocycles. The van der Waals surface area contributed by atoms with Gasteiger partial charge in [-0.05, 0) is 31.1 Å². The van der Waals surface area contributed by atoms with E-state index in [2.05, 4.69) is 10.1 Å².